The molecule has 2 fully saturated rings. The molecule has 10 heteroatoms. The number of rotatable bonds is 6. The SMILES string of the molecule is C[C@H]1CC[C@H](c2ccccc2)S(=O)(=O)N1Cc1cc(F)c(C2(Nc3ncccn3)COC2)cc1F. The fraction of sp³-hybridized carbons (Fsp3) is 0.360. The van der Waals surface area contributed by atoms with Crippen molar-refractivity contribution in [1.29, 1.82) is 0 Å². The van der Waals surface area contributed by atoms with Gasteiger partial charge in [0, 0.05) is 36.1 Å². The van der Waals surface area contributed by atoms with E-state index in [0.29, 0.717) is 18.4 Å². The number of sulfonamides is 1. The van der Waals surface area contributed by atoms with Gasteiger partial charge in [-0.3, -0.25) is 0 Å². The van der Waals surface area contributed by atoms with Crippen molar-refractivity contribution < 1.29 is 21.9 Å². The largest absolute Gasteiger partial charge is 0.376 e. The Morgan fingerprint density at radius 1 is 1.06 bits per heavy atom. The number of halogens is 2. The molecule has 1 aromatic heterocycles. The fourth-order valence-corrected chi connectivity index (χ4v) is 6.96. The lowest BCUT2D eigenvalue weighted by molar-refractivity contribution is -0.0468. The van der Waals surface area contributed by atoms with Crippen LogP contribution in [0.2, 0.25) is 0 Å². The summed E-state index contributed by atoms with van der Waals surface area (Å²) in [6.45, 7) is 1.80. The van der Waals surface area contributed by atoms with E-state index in [4.69, 9.17) is 4.74 Å². The maximum absolute atomic E-state index is 15.4. The number of hydrogen-bond acceptors (Lipinski definition) is 6. The van der Waals surface area contributed by atoms with E-state index >= 15 is 8.78 Å². The normalized spacial score (nSPS) is 23.4. The zero-order valence-electron chi connectivity index (χ0n) is 19.2. The van der Waals surface area contributed by atoms with Crippen LogP contribution in [0.5, 0.6) is 0 Å². The number of anilines is 1. The lowest BCUT2D eigenvalue weighted by Crippen LogP contribution is -2.54. The minimum absolute atomic E-state index is 0.0123. The maximum atomic E-state index is 15.4. The minimum atomic E-state index is -3.77. The molecule has 7 nitrogen and oxygen atoms in total. The van der Waals surface area contributed by atoms with Crippen molar-refractivity contribution in [2.75, 3.05) is 18.5 Å². The van der Waals surface area contributed by atoms with Crippen molar-refractivity contribution >= 4 is 16.0 Å². The summed E-state index contributed by atoms with van der Waals surface area (Å²) in [4.78, 5) is 8.21. The second kappa shape index (κ2) is 9.25. The molecule has 2 aromatic carbocycles. The maximum Gasteiger partial charge on any atom is 0.223 e. The Morgan fingerprint density at radius 3 is 2.43 bits per heavy atom. The average molecular weight is 501 g/mol. The molecule has 0 radical (unpaired) electrons. The molecule has 35 heavy (non-hydrogen) atoms. The van der Waals surface area contributed by atoms with E-state index in [1.54, 1.807) is 49.6 Å². The Balaban J connectivity index is 1.43. The van der Waals surface area contributed by atoms with E-state index in [9.17, 15) is 8.42 Å². The number of benzene rings is 2. The highest BCUT2D eigenvalue weighted by Gasteiger charge is 2.44. The minimum Gasteiger partial charge on any atom is -0.376 e. The highest BCUT2D eigenvalue weighted by molar-refractivity contribution is 7.89. The number of aromatic nitrogens is 2. The van der Waals surface area contributed by atoms with E-state index in [1.807, 2.05) is 6.07 Å². The highest BCUT2D eigenvalue weighted by atomic mass is 32.2. The first kappa shape index (κ1) is 23.8. The molecule has 0 aliphatic carbocycles. The first-order valence-electron chi connectivity index (χ1n) is 11.5. The third-order valence-electron chi connectivity index (χ3n) is 6.79. The van der Waals surface area contributed by atoms with Crippen molar-refractivity contribution in [3.05, 3.63) is 89.2 Å². The molecule has 2 atom stereocenters. The van der Waals surface area contributed by atoms with Gasteiger partial charge in [0.1, 0.15) is 22.4 Å². The Bertz CT molecular complexity index is 1310. The average Bonchev–Trinajstić information content (AvgIpc) is 2.82. The Labute approximate surface area is 203 Å². The molecule has 1 N–H and O–H groups in total. The van der Waals surface area contributed by atoms with E-state index < -0.39 is 32.4 Å². The fourth-order valence-electron chi connectivity index (χ4n) is 4.77. The van der Waals surface area contributed by atoms with Crippen LogP contribution in [0.1, 0.15) is 41.7 Å². The van der Waals surface area contributed by atoms with Gasteiger partial charge in [0.15, 0.2) is 0 Å². The monoisotopic (exact) mass is 500 g/mol. The van der Waals surface area contributed by atoms with Crippen LogP contribution in [0.15, 0.2) is 60.9 Å². The lowest BCUT2D eigenvalue weighted by Gasteiger charge is -2.42. The molecule has 3 aromatic rings. The summed E-state index contributed by atoms with van der Waals surface area (Å²) >= 11 is 0. The van der Waals surface area contributed by atoms with Gasteiger partial charge in [0.05, 0.1) is 13.2 Å². The number of nitrogens with zero attached hydrogens (tertiary/aromatic N) is 3. The van der Waals surface area contributed by atoms with Gasteiger partial charge < -0.3 is 10.1 Å². The Kier molecular flexibility index (Phi) is 6.29. The molecule has 2 aliphatic heterocycles. The first-order valence-corrected chi connectivity index (χ1v) is 13.0. The molecule has 0 spiro atoms. The van der Waals surface area contributed by atoms with Crippen LogP contribution in [0.4, 0.5) is 14.7 Å². The van der Waals surface area contributed by atoms with Gasteiger partial charge >= 0.3 is 0 Å². The molecule has 5 rings (SSSR count). The summed E-state index contributed by atoms with van der Waals surface area (Å²) in [5.41, 5.74) is -0.225. The van der Waals surface area contributed by atoms with Gasteiger partial charge in [-0.25, -0.2) is 27.2 Å². The third-order valence-corrected chi connectivity index (χ3v) is 9.16. The smallest absolute Gasteiger partial charge is 0.223 e. The molecular formula is C25H26F2N4O3S. The first-order chi connectivity index (χ1) is 16.8. The summed E-state index contributed by atoms with van der Waals surface area (Å²) in [5, 5.41) is 2.35. The van der Waals surface area contributed by atoms with Crippen LogP contribution in [-0.2, 0) is 26.8 Å². The number of hydrogen-bond donors (Lipinski definition) is 1. The summed E-state index contributed by atoms with van der Waals surface area (Å²) in [7, 11) is -3.77. The molecule has 0 saturated carbocycles. The van der Waals surface area contributed by atoms with Crippen LogP contribution in [-0.4, -0.2) is 41.9 Å². The van der Waals surface area contributed by atoms with E-state index in [0.717, 1.165) is 12.1 Å². The molecule has 0 bridgehead atoms. The lowest BCUT2D eigenvalue weighted by atomic mass is 9.86. The predicted octanol–water partition coefficient (Wildman–Crippen LogP) is 4.15. The van der Waals surface area contributed by atoms with Gasteiger partial charge in [0.25, 0.3) is 0 Å². The summed E-state index contributed by atoms with van der Waals surface area (Å²) in [6.07, 6.45) is 4.20. The molecule has 2 saturated heterocycles. The van der Waals surface area contributed by atoms with Crippen molar-refractivity contribution in [2.45, 2.75) is 43.1 Å². The quantitative estimate of drug-likeness (QED) is 0.548. The van der Waals surface area contributed by atoms with E-state index in [1.165, 1.54) is 4.31 Å². The topological polar surface area (TPSA) is 84.4 Å². The molecule has 0 unspecified atom stereocenters. The van der Waals surface area contributed by atoms with Gasteiger partial charge in [-0.1, -0.05) is 30.3 Å². The van der Waals surface area contributed by atoms with Crippen LogP contribution in [0, 0.1) is 11.6 Å². The number of nitrogens with one attached hydrogen (secondary N) is 1. The summed E-state index contributed by atoms with van der Waals surface area (Å²) < 4.78 is 64.3. The highest BCUT2D eigenvalue weighted by Crippen LogP contribution is 2.39. The predicted molar refractivity (Wildman–Crippen MR) is 127 cm³/mol. The van der Waals surface area contributed by atoms with Crippen molar-refractivity contribution in [2.24, 2.45) is 0 Å². The van der Waals surface area contributed by atoms with Crippen LogP contribution < -0.4 is 5.32 Å². The molecular weight excluding hydrogens is 474 g/mol. The van der Waals surface area contributed by atoms with Crippen molar-refractivity contribution in [3.63, 3.8) is 0 Å². The molecule has 2 aliphatic rings. The zero-order valence-corrected chi connectivity index (χ0v) is 20.0. The summed E-state index contributed by atoms with van der Waals surface area (Å²) in [5.74, 6) is -1.04. The standard InChI is InChI=1S/C25H26F2N4O3S/c1-17-8-9-23(18-6-3-2-4-7-18)35(32,33)31(17)14-19-12-22(27)20(13-21(19)26)25(15-34-16-25)30-24-28-10-5-11-29-24/h2-7,10-13,17,23H,8-9,14-16H2,1H3,(H,28,29,30)/t17-,23+/m0/s1. The van der Waals surface area contributed by atoms with Crippen LogP contribution in [0.3, 0.4) is 0 Å². The van der Waals surface area contributed by atoms with Gasteiger partial charge in [-0.15, -0.1) is 0 Å². The zero-order chi connectivity index (χ0) is 24.6. The van der Waals surface area contributed by atoms with Crippen LogP contribution >= 0.6 is 0 Å². The third kappa shape index (κ3) is 4.41. The second-order valence-corrected chi connectivity index (χ2v) is 11.2. The Morgan fingerprint density at radius 2 is 1.77 bits per heavy atom. The van der Waals surface area contributed by atoms with E-state index in [2.05, 4.69) is 15.3 Å². The number of ether oxygens (including phenoxy) is 1. The molecule has 3 heterocycles. The van der Waals surface area contributed by atoms with Crippen molar-refractivity contribution in [3.8, 4) is 0 Å². The summed E-state index contributed by atoms with van der Waals surface area (Å²) in [6, 6.07) is 12.5. The van der Waals surface area contributed by atoms with Gasteiger partial charge in [-0.2, -0.15) is 4.31 Å². The molecule has 0 amide bonds. The van der Waals surface area contributed by atoms with Crippen LogP contribution in [0.25, 0.3) is 0 Å². The van der Waals surface area contributed by atoms with Crippen molar-refractivity contribution in [1.82, 2.24) is 14.3 Å². The van der Waals surface area contributed by atoms with Gasteiger partial charge in [-0.05, 0) is 43.5 Å². The Hall–Kier alpha value is -2.95. The van der Waals surface area contributed by atoms with Gasteiger partial charge in [0.2, 0.25) is 16.0 Å². The molecule has 184 valence electrons. The van der Waals surface area contributed by atoms with E-state index in [-0.39, 0.29) is 42.9 Å². The second-order valence-electron chi connectivity index (χ2n) is 9.11.